The third kappa shape index (κ3) is 2.45. The van der Waals surface area contributed by atoms with E-state index < -0.39 is 0 Å². The van der Waals surface area contributed by atoms with E-state index in [1.807, 2.05) is 23.2 Å². The zero-order valence-corrected chi connectivity index (χ0v) is 11.2. The fourth-order valence-corrected chi connectivity index (χ4v) is 2.31. The number of allylic oxidation sites excluding steroid dienone is 1. The summed E-state index contributed by atoms with van der Waals surface area (Å²) in [5.41, 5.74) is 7.52. The largest absolute Gasteiger partial charge is 0.368 e. The third-order valence-corrected chi connectivity index (χ3v) is 3.28. The Morgan fingerprint density at radius 3 is 2.45 bits per heavy atom. The van der Waals surface area contributed by atoms with Crippen LogP contribution in [0, 0.1) is 5.82 Å². The molecule has 0 aromatic heterocycles. The van der Waals surface area contributed by atoms with Gasteiger partial charge in [0.25, 0.3) is 0 Å². The van der Waals surface area contributed by atoms with Gasteiger partial charge < -0.3 is 5.32 Å². The number of anilines is 1. The van der Waals surface area contributed by atoms with Crippen LogP contribution in [-0.4, -0.2) is 11.7 Å². The molecule has 0 saturated heterocycles. The van der Waals surface area contributed by atoms with Gasteiger partial charge in [-0.3, -0.25) is 10.4 Å². The highest BCUT2D eigenvalue weighted by atomic mass is 19.1. The molecule has 0 radical (unpaired) electrons. The minimum atomic E-state index is -0.231. The lowest BCUT2D eigenvalue weighted by Gasteiger charge is -2.23. The molecule has 0 spiro atoms. The molecule has 20 heavy (non-hydrogen) atoms. The quantitative estimate of drug-likeness (QED) is 0.894. The average Bonchev–Trinajstić information content (AvgIpc) is 2.83. The Labute approximate surface area is 117 Å². The summed E-state index contributed by atoms with van der Waals surface area (Å²) >= 11 is 0. The van der Waals surface area contributed by atoms with Crippen molar-refractivity contribution in [3.63, 3.8) is 0 Å². The van der Waals surface area contributed by atoms with Crippen LogP contribution in [0.2, 0.25) is 0 Å². The van der Waals surface area contributed by atoms with E-state index in [4.69, 9.17) is 0 Å². The van der Waals surface area contributed by atoms with Gasteiger partial charge in [0.05, 0.1) is 11.4 Å². The molecule has 0 saturated carbocycles. The topological polar surface area (TPSA) is 27.3 Å². The average molecular weight is 269 g/mol. The summed E-state index contributed by atoms with van der Waals surface area (Å²) in [6.07, 6.45) is 0. The molecule has 0 aliphatic carbocycles. The summed E-state index contributed by atoms with van der Waals surface area (Å²) in [5.74, 6) is -0.231. The van der Waals surface area contributed by atoms with Crippen LogP contribution in [0.4, 0.5) is 10.1 Å². The molecule has 0 unspecified atom stereocenters. The lowest BCUT2D eigenvalue weighted by molar-refractivity contribution is 0.483. The van der Waals surface area contributed by atoms with Crippen LogP contribution in [0.1, 0.15) is 12.5 Å². The molecule has 1 aliphatic rings. The van der Waals surface area contributed by atoms with E-state index in [-0.39, 0.29) is 5.82 Å². The van der Waals surface area contributed by atoms with Crippen LogP contribution in [0.5, 0.6) is 0 Å². The lowest BCUT2D eigenvalue weighted by atomic mass is 10.1. The van der Waals surface area contributed by atoms with Crippen molar-refractivity contribution in [2.24, 2.45) is 0 Å². The Morgan fingerprint density at radius 1 is 1.05 bits per heavy atom. The van der Waals surface area contributed by atoms with Gasteiger partial charge in [-0.05, 0) is 31.2 Å². The highest BCUT2D eigenvalue weighted by Gasteiger charge is 2.20. The summed E-state index contributed by atoms with van der Waals surface area (Å²) in [7, 11) is 0. The Hall–Kier alpha value is -2.49. The van der Waals surface area contributed by atoms with E-state index in [1.54, 1.807) is 12.1 Å². The second-order valence-electron chi connectivity index (χ2n) is 4.72. The maximum atomic E-state index is 12.9. The molecule has 0 bridgehead atoms. The van der Waals surface area contributed by atoms with Crippen molar-refractivity contribution in [3.8, 4) is 0 Å². The van der Waals surface area contributed by atoms with Crippen LogP contribution in [0.15, 0.2) is 60.3 Å². The molecule has 1 heterocycles. The van der Waals surface area contributed by atoms with Gasteiger partial charge in [0.15, 0.2) is 0 Å². The standard InChI is InChI=1S/C16H16FN3/c1-12-16(13-5-3-2-4-6-13)20(11-18-12)19-15-9-7-14(17)8-10-15/h2-10,18-19H,11H2,1H3. The maximum absolute atomic E-state index is 12.9. The van der Waals surface area contributed by atoms with Gasteiger partial charge in [-0.15, -0.1) is 0 Å². The molecule has 3 rings (SSSR count). The summed E-state index contributed by atoms with van der Waals surface area (Å²) in [5, 5.41) is 5.34. The molecule has 4 heteroatoms. The Morgan fingerprint density at radius 2 is 1.75 bits per heavy atom. The first-order valence-corrected chi connectivity index (χ1v) is 6.54. The first-order chi connectivity index (χ1) is 9.74. The second kappa shape index (κ2) is 5.25. The lowest BCUT2D eigenvalue weighted by Crippen LogP contribution is -2.29. The van der Waals surface area contributed by atoms with Crippen LogP contribution in [0.25, 0.3) is 5.70 Å². The summed E-state index contributed by atoms with van der Waals surface area (Å²) in [6.45, 7) is 2.72. The van der Waals surface area contributed by atoms with Crippen molar-refractivity contribution in [1.82, 2.24) is 10.3 Å². The Kier molecular flexibility index (Phi) is 3.29. The van der Waals surface area contributed by atoms with Gasteiger partial charge in [-0.2, -0.15) is 0 Å². The van der Waals surface area contributed by atoms with Crippen molar-refractivity contribution in [2.45, 2.75) is 6.92 Å². The van der Waals surface area contributed by atoms with Gasteiger partial charge in [-0.25, -0.2) is 4.39 Å². The monoisotopic (exact) mass is 269 g/mol. The van der Waals surface area contributed by atoms with Crippen LogP contribution in [-0.2, 0) is 0 Å². The normalized spacial score (nSPS) is 14.4. The smallest absolute Gasteiger partial charge is 0.123 e. The van der Waals surface area contributed by atoms with Crippen molar-refractivity contribution in [3.05, 3.63) is 71.7 Å². The van der Waals surface area contributed by atoms with E-state index in [1.165, 1.54) is 12.1 Å². The van der Waals surface area contributed by atoms with Gasteiger partial charge in [-0.1, -0.05) is 30.3 Å². The first-order valence-electron chi connectivity index (χ1n) is 6.54. The van der Waals surface area contributed by atoms with Gasteiger partial charge >= 0.3 is 0 Å². The summed E-state index contributed by atoms with van der Waals surface area (Å²) in [4.78, 5) is 0. The second-order valence-corrected chi connectivity index (χ2v) is 4.72. The van der Waals surface area contributed by atoms with Crippen LogP contribution in [0.3, 0.4) is 0 Å². The minimum absolute atomic E-state index is 0.231. The molecule has 3 nitrogen and oxygen atoms in total. The molecule has 2 aromatic rings. The number of rotatable bonds is 3. The molecule has 2 aromatic carbocycles. The number of hydrogen-bond donors (Lipinski definition) is 2. The number of halogens is 1. The SMILES string of the molecule is CC1=C(c2ccccc2)N(Nc2ccc(F)cc2)CN1. The van der Waals surface area contributed by atoms with E-state index in [0.29, 0.717) is 6.67 Å². The number of nitrogens with zero attached hydrogens (tertiary/aromatic N) is 1. The molecule has 0 amide bonds. The number of benzene rings is 2. The van der Waals surface area contributed by atoms with Crippen molar-refractivity contribution < 1.29 is 4.39 Å². The van der Waals surface area contributed by atoms with Crippen molar-refractivity contribution in [2.75, 3.05) is 12.1 Å². The highest BCUT2D eigenvalue weighted by molar-refractivity contribution is 5.69. The van der Waals surface area contributed by atoms with E-state index in [2.05, 4.69) is 29.8 Å². The predicted molar refractivity (Wildman–Crippen MR) is 78.9 cm³/mol. The third-order valence-electron chi connectivity index (χ3n) is 3.28. The van der Waals surface area contributed by atoms with Crippen LogP contribution >= 0.6 is 0 Å². The number of hydrazine groups is 1. The van der Waals surface area contributed by atoms with Crippen molar-refractivity contribution in [1.29, 1.82) is 0 Å². The molecular weight excluding hydrogens is 253 g/mol. The fraction of sp³-hybridized carbons (Fsp3) is 0.125. The fourth-order valence-electron chi connectivity index (χ4n) is 2.31. The van der Waals surface area contributed by atoms with Gasteiger partial charge in [0.2, 0.25) is 0 Å². The zero-order valence-electron chi connectivity index (χ0n) is 11.2. The van der Waals surface area contributed by atoms with E-state index in [0.717, 1.165) is 22.6 Å². The van der Waals surface area contributed by atoms with Crippen molar-refractivity contribution >= 4 is 11.4 Å². The summed E-state index contributed by atoms with van der Waals surface area (Å²) < 4.78 is 12.9. The maximum Gasteiger partial charge on any atom is 0.123 e. The minimum Gasteiger partial charge on any atom is -0.368 e. The molecule has 0 atom stereocenters. The Bertz CT molecular complexity index is 620. The van der Waals surface area contributed by atoms with Gasteiger partial charge in [0, 0.05) is 11.3 Å². The zero-order chi connectivity index (χ0) is 13.9. The summed E-state index contributed by atoms with van der Waals surface area (Å²) in [6, 6.07) is 16.5. The number of hydrogen-bond acceptors (Lipinski definition) is 3. The molecular formula is C16H16FN3. The molecule has 1 aliphatic heterocycles. The van der Waals surface area contributed by atoms with Crippen LogP contribution < -0.4 is 10.7 Å². The first kappa shape index (κ1) is 12.5. The Balaban J connectivity index is 1.85. The predicted octanol–water partition coefficient (Wildman–Crippen LogP) is 3.40. The van der Waals surface area contributed by atoms with E-state index >= 15 is 0 Å². The number of nitrogens with one attached hydrogen (secondary N) is 2. The molecule has 2 N–H and O–H groups in total. The molecule has 102 valence electrons. The van der Waals surface area contributed by atoms with Gasteiger partial charge in [0.1, 0.15) is 12.5 Å². The van der Waals surface area contributed by atoms with E-state index in [9.17, 15) is 4.39 Å². The molecule has 0 fully saturated rings. The highest BCUT2D eigenvalue weighted by Crippen LogP contribution is 2.26.